The van der Waals surface area contributed by atoms with Gasteiger partial charge in [0.25, 0.3) is 0 Å². The summed E-state index contributed by atoms with van der Waals surface area (Å²) >= 11 is 1.86. The number of pyridine rings is 1. The van der Waals surface area contributed by atoms with Crippen molar-refractivity contribution >= 4 is 11.8 Å². The summed E-state index contributed by atoms with van der Waals surface area (Å²) < 4.78 is 0. The molecule has 0 saturated carbocycles. The topological polar surface area (TPSA) is 38.7 Å². The highest BCUT2D eigenvalue weighted by molar-refractivity contribution is 7.99. The third-order valence-electron chi connectivity index (χ3n) is 11.7. The summed E-state index contributed by atoms with van der Waals surface area (Å²) in [6.45, 7) is 4.15. The second-order valence-electron chi connectivity index (χ2n) is 15.2. The molecule has 0 radical (unpaired) electrons. The van der Waals surface area contributed by atoms with Gasteiger partial charge in [0.15, 0.2) is 5.82 Å². The largest absolute Gasteiger partial charge is 0.258 e. The summed E-state index contributed by atoms with van der Waals surface area (Å²) in [5.41, 5.74) is 19.0. The summed E-state index contributed by atoms with van der Waals surface area (Å²) in [6, 6.07) is 68.1. The van der Waals surface area contributed by atoms with E-state index in [2.05, 4.69) is 190 Å². The van der Waals surface area contributed by atoms with Crippen LogP contribution in [0, 0.1) is 13.8 Å². The van der Waals surface area contributed by atoms with Crippen LogP contribution in [0.4, 0.5) is 0 Å². The molecule has 1 aliphatic heterocycles. The monoisotopic (exact) mass is 759 g/mol. The Balaban J connectivity index is 1.18. The van der Waals surface area contributed by atoms with E-state index in [1.807, 2.05) is 23.9 Å². The first-order valence-electron chi connectivity index (χ1n) is 19.8. The Hall–Kier alpha value is -6.88. The molecule has 274 valence electrons. The van der Waals surface area contributed by atoms with Crippen LogP contribution in [0.15, 0.2) is 198 Å². The molecule has 11 rings (SSSR count). The molecule has 0 fully saturated rings. The molecule has 0 atom stereocenters. The minimum Gasteiger partial charge on any atom is -0.258 e. The van der Waals surface area contributed by atoms with Crippen molar-refractivity contribution in [2.75, 3.05) is 0 Å². The fourth-order valence-electron chi connectivity index (χ4n) is 9.33. The molecule has 0 unspecified atom stereocenters. The van der Waals surface area contributed by atoms with Gasteiger partial charge in [-0.05, 0) is 99.8 Å². The van der Waals surface area contributed by atoms with Crippen LogP contribution in [0.1, 0.15) is 33.6 Å². The van der Waals surface area contributed by atoms with Crippen LogP contribution in [0.5, 0.6) is 0 Å². The maximum absolute atomic E-state index is 5.34. The molecule has 0 bridgehead atoms. The van der Waals surface area contributed by atoms with Gasteiger partial charge >= 0.3 is 0 Å². The summed E-state index contributed by atoms with van der Waals surface area (Å²) in [7, 11) is 0. The Bertz CT molecular complexity index is 2940. The number of aryl methyl sites for hydroxylation is 2. The van der Waals surface area contributed by atoms with E-state index in [0.29, 0.717) is 5.82 Å². The van der Waals surface area contributed by atoms with Gasteiger partial charge in [-0.2, -0.15) is 0 Å². The average Bonchev–Trinajstić information content (AvgIpc) is 3.57. The van der Waals surface area contributed by atoms with Crippen molar-refractivity contribution in [2.45, 2.75) is 29.1 Å². The molecule has 2 aromatic heterocycles. The minimum atomic E-state index is -0.564. The second-order valence-corrected chi connectivity index (χ2v) is 16.3. The highest BCUT2D eigenvalue weighted by Gasteiger charge is 2.50. The molecule has 0 saturated heterocycles. The van der Waals surface area contributed by atoms with Gasteiger partial charge in [-0.1, -0.05) is 169 Å². The lowest BCUT2D eigenvalue weighted by Gasteiger charge is -2.40. The van der Waals surface area contributed by atoms with E-state index >= 15 is 0 Å². The summed E-state index contributed by atoms with van der Waals surface area (Å²) in [6.07, 6.45) is 0. The molecular formula is C54H37N3S. The van der Waals surface area contributed by atoms with Crippen molar-refractivity contribution in [1.82, 2.24) is 15.0 Å². The van der Waals surface area contributed by atoms with Crippen LogP contribution in [0.25, 0.3) is 67.3 Å². The fraction of sp³-hybridized carbons (Fsp3) is 0.0556. The zero-order valence-corrected chi connectivity index (χ0v) is 33.0. The molecule has 3 heterocycles. The lowest BCUT2D eigenvalue weighted by atomic mass is 9.66. The Morgan fingerprint density at radius 2 is 0.897 bits per heavy atom. The highest BCUT2D eigenvalue weighted by atomic mass is 32.2. The van der Waals surface area contributed by atoms with E-state index in [1.165, 1.54) is 65.4 Å². The molecule has 7 aromatic carbocycles. The second kappa shape index (κ2) is 13.7. The Labute approximate surface area is 343 Å². The lowest BCUT2D eigenvalue weighted by molar-refractivity contribution is 0.723. The summed E-state index contributed by atoms with van der Waals surface area (Å²) in [4.78, 5) is 17.6. The number of aromatic nitrogens is 3. The first kappa shape index (κ1) is 34.4. The van der Waals surface area contributed by atoms with Crippen LogP contribution in [0.3, 0.4) is 0 Å². The van der Waals surface area contributed by atoms with Gasteiger partial charge < -0.3 is 0 Å². The minimum absolute atomic E-state index is 0.564. The number of nitrogens with zero attached hydrogens (tertiary/aromatic N) is 3. The van der Waals surface area contributed by atoms with Crippen LogP contribution >= 0.6 is 11.8 Å². The van der Waals surface area contributed by atoms with Crippen LogP contribution in [-0.4, -0.2) is 15.0 Å². The lowest BCUT2D eigenvalue weighted by Crippen LogP contribution is -2.32. The third-order valence-corrected chi connectivity index (χ3v) is 12.9. The van der Waals surface area contributed by atoms with Gasteiger partial charge in [-0.3, -0.25) is 4.98 Å². The number of fused-ring (bicyclic) bond motifs is 9. The number of hydrogen-bond donors (Lipinski definition) is 0. The number of rotatable bonds is 5. The average molecular weight is 760 g/mol. The highest BCUT2D eigenvalue weighted by Crippen LogP contribution is 2.63. The predicted molar refractivity (Wildman–Crippen MR) is 238 cm³/mol. The van der Waals surface area contributed by atoms with Crippen molar-refractivity contribution in [1.29, 1.82) is 0 Å². The molecule has 2 aliphatic rings. The normalized spacial score (nSPS) is 13.1. The summed E-state index contributed by atoms with van der Waals surface area (Å²) in [5.74, 6) is 0.713. The van der Waals surface area contributed by atoms with Gasteiger partial charge in [0.2, 0.25) is 0 Å². The molecule has 58 heavy (non-hydrogen) atoms. The standard InChI is InChI=1S/C54H37N3S/c1-34-30-39(31-35(2)55-34)41-21-10-9-20-40(41)38-28-29-51-48(32-38)54(45-25-13-11-22-42(45)43-23-12-14-26-46(43)54)47-27-15-24-44(52(47)58-51)50-33-49(36-16-5-3-6-17-36)56-53(57-50)37-18-7-4-8-19-37/h3-33H,1-2H3. The SMILES string of the molecule is Cc1cc(-c2ccccc2-c2ccc3c(c2)C2(c4ccccc4-c4ccccc42)c2cccc(-c4cc(-c5ccccc5)nc(-c5ccccc5)n4)c2S3)cc(C)n1. The van der Waals surface area contributed by atoms with Crippen LogP contribution < -0.4 is 0 Å². The van der Waals surface area contributed by atoms with E-state index in [0.717, 1.165) is 39.5 Å². The van der Waals surface area contributed by atoms with Crippen molar-refractivity contribution in [3.63, 3.8) is 0 Å². The van der Waals surface area contributed by atoms with Gasteiger partial charge in [0.05, 0.1) is 16.8 Å². The van der Waals surface area contributed by atoms with Gasteiger partial charge in [0, 0.05) is 37.9 Å². The molecule has 0 amide bonds. The zero-order chi connectivity index (χ0) is 38.8. The van der Waals surface area contributed by atoms with E-state index in [4.69, 9.17) is 15.0 Å². The van der Waals surface area contributed by atoms with E-state index in [1.54, 1.807) is 0 Å². The first-order chi connectivity index (χ1) is 28.6. The maximum Gasteiger partial charge on any atom is 0.160 e. The molecule has 0 N–H and O–H groups in total. The number of hydrogen-bond acceptors (Lipinski definition) is 4. The first-order valence-corrected chi connectivity index (χ1v) is 20.6. The van der Waals surface area contributed by atoms with Crippen molar-refractivity contribution < 1.29 is 0 Å². The quantitative estimate of drug-likeness (QED) is 0.175. The van der Waals surface area contributed by atoms with E-state index in [9.17, 15) is 0 Å². The van der Waals surface area contributed by atoms with Crippen molar-refractivity contribution in [3.8, 4) is 67.3 Å². The smallest absolute Gasteiger partial charge is 0.160 e. The molecule has 1 aliphatic carbocycles. The number of benzene rings is 7. The van der Waals surface area contributed by atoms with E-state index < -0.39 is 5.41 Å². The van der Waals surface area contributed by atoms with Gasteiger partial charge in [-0.25, -0.2) is 9.97 Å². The Kier molecular flexibility index (Phi) is 8.09. The third kappa shape index (κ3) is 5.40. The van der Waals surface area contributed by atoms with E-state index in [-0.39, 0.29) is 0 Å². The Morgan fingerprint density at radius 1 is 0.362 bits per heavy atom. The summed E-state index contributed by atoms with van der Waals surface area (Å²) in [5, 5.41) is 0. The zero-order valence-electron chi connectivity index (χ0n) is 32.1. The van der Waals surface area contributed by atoms with Crippen molar-refractivity contribution in [2.24, 2.45) is 0 Å². The van der Waals surface area contributed by atoms with Crippen LogP contribution in [0.2, 0.25) is 0 Å². The fourth-order valence-corrected chi connectivity index (χ4v) is 10.6. The molecule has 4 heteroatoms. The van der Waals surface area contributed by atoms with Crippen LogP contribution in [-0.2, 0) is 5.41 Å². The van der Waals surface area contributed by atoms with Crippen molar-refractivity contribution in [3.05, 3.63) is 222 Å². The molecule has 1 spiro atoms. The van der Waals surface area contributed by atoms with Gasteiger partial charge in [-0.15, -0.1) is 0 Å². The molecule has 3 nitrogen and oxygen atoms in total. The molecular weight excluding hydrogens is 723 g/mol. The van der Waals surface area contributed by atoms with Gasteiger partial charge in [0.1, 0.15) is 0 Å². The maximum atomic E-state index is 5.34. The predicted octanol–water partition coefficient (Wildman–Crippen LogP) is 13.7. The Morgan fingerprint density at radius 3 is 1.57 bits per heavy atom. The molecule has 9 aromatic rings.